The van der Waals surface area contributed by atoms with Crippen molar-refractivity contribution in [2.24, 2.45) is 11.1 Å². The Labute approximate surface area is 153 Å². The predicted octanol–water partition coefficient (Wildman–Crippen LogP) is 3.88. The van der Waals surface area contributed by atoms with Gasteiger partial charge in [-0.3, -0.25) is 4.79 Å². The molecule has 0 radical (unpaired) electrons. The van der Waals surface area contributed by atoms with Crippen LogP contribution in [0.5, 0.6) is 0 Å². The standard InChI is InChI=1S/C18H25BrN2O.ClH/c1-17(12-20)10-11-21(13-17)16(22)18(8-2-3-9-18)14-4-6-15(19)7-5-14;/h4-7H,2-3,8-13,20H2,1H3;1H. The fraction of sp³-hybridized carbons (Fsp3) is 0.611. The van der Waals surface area contributed by atoms with Gasteiger partial charge in [0, 0.05) is 17.6 Å². The molecular formula is C18H26BrClN2O. The summed E-state index contributed by atoms with van der Waals surface area (Å²) in [5.74, 6) is 0.324. The normalized spacial score (nSPS) is 26.1. The Hall–Kier alpha value is -0.580. The molecular weight excluding hydrogens is 376 g/mol. The molecule has 23 heavy (non-hydrogen) atoms. The van der Waals surface area contributed by atoms with Crippen molar-refractivity contribution >= 4 is 34.2 Å². The monoisotopic (exact) mass is 400 g/mol. The van der Waals surface area contributed by atoms with Crippen LogP contribution in [0.2, 0.25) is 0 Å². The Morgan fingerprint density at radius 3 is 2.35 bits per heavy atom. The number of rotatable bonds is 3. The zero-order valence-corrected chi connectivity index (χ0v) is 16.1. The molecule has 3 rings (SSSR count). The number of halogens is 2. The SMILES string of the molecule is CC1(CN)CCN(C(=O)C2(c3ccc(Br)cc3)CCCC2)C1.Cl. The first-order valence-electron chi connectivity index (χ1n) is 8.25. The average Bonchev–Trinajstić information content (AvgIpc) is 3.16. The molecule has 1 amide bonds. The molecule has 0 bridgehead atoms. The van der Waals surface area contributed by atoms with Crippen LogP contribution in [0.1, 0.15) is 44.6 Å². The van der Waals surface area contributed by atoms with Gasteiger partial charge in [-0.15, -0.1) is 12.4 Å². The van der Waals surface area contributed by atoms with Gasteiger partial charge >= 0.3 is 0 Å². The van der Waals surface area contributed by atoms with Crippen LogP contribution < -0.4 is 5.73 Å². The van der Waals surface area contributed by atoms with E-state index in [4.69, 9.17) is 5.73 Å². The van der Waals surface area contributed by atoms with Gasteiger partial charge in [0.25, 0.3) is 0 Å². The summed E-state index contributed by atoms with van der Waals surface area (Å²) >= 11 is 3.49. The Balaban J connectivity index is 0.00000192. The van der Waals surface area contributed by atoms with Crippen molar-refractivity contribution in [3.63, 3.8) is 0 Å². The van der Waals surface area contributed by atoms with Crippen LogP contribution in [-0.4, -0.2) is 30.4 Å². The predicted molar refractivity (Wildman–Crippen MR) is 99.9 cm³/mol. The van der Waals surface area contributed by atoms with E-state index in [9.17, 15) is 4.79 Å². The van der Waals surface area contributed by atoms with Crippen LogP contribution in [0.3, 0.4) is 0 Å². The van der Waals surface area contributed by atoms with Crippen molar-refractivity contribution in [2.75, 3.05) is 19.6 Å². The average molecular weight is 402 g/mol. The maximum atomic E-state index is 13.3. The fourth-order valence-electron chi connectivity index (χ4n) is 4.04. The van der Waals surface area contributed by atoms with Crippen LogP contribution in [0, 0.1) is 5.41 Å². The van der Waals surface area contributed by atoms with Crippen LogP contribution in [0.25, 0.3) is 0 Å². The number of amides is 1. The highest BCUT2D eigenvalue weighted by molar-refractivity contribution is 9.10. The van der Waals surface area contributed by atoms with E-state index in [0.717, 1.165) is 49.7 Å². The minimum Gasteiger partial charge on any atom is -0.341 e. The number of nitrogens with two attached hydrogens (primary N) is 1. The number of carbonyl (C=O) groups is 1. The van der Waals surface area contributed by atoms with Crippen molar-refractivity contribution in [3.8, 4) is 0 Å². The first-order chi connectivity index (χ1) is 10.5. The highest BCUT2D eigenvalue weighted by Gasteiger charge is 2.47. The van der Waals surface area contributed by atoms with Crippen LogP contribution in [-0.2, 0) is 10.2 Å². The number of likely N-dealkylation sites (tertiary alicyclic amines) is 1. The summed E-state index contributed by atoms with van der Waals surface area (Å²) in [4.78, 5) is 15.4. The van der Waals surface area contributed by atoms with E-state index in [1.165, 1.54) is 5.56 Å². The van der Waals surface area contributed by atoms with Gasteiger partial charge in [0.2, 0.25) is 5.91 Å². The molecule has 3 nitrogen and oxygen atoms in total. The zero-order chi connectivity index (χ0) is 15.8. The molecule has 1 aromatic rings. The van der Waals surface area contributed by atoms with Crippen molar-refractivity contribution in [1.82, 2.24) is 4.90 Å². The number of benzene rings is 1. The Morgan fingerprint density at radius 1 is 1.22 bits per heavy atom. The second-order valence-electron chi connectivity index (χ2n) is 7.29. The van der Waals surface area contributed by atoms with Gasteiger partial charge in [0.1, 0.15) is 0 Å². The van der Waals surface area contributed by atoms with Crippen molar-refractivity contribution in [3.05, 3.63) is 34.3 Å². The summed E-state index contributed by atoms with van der Waals surface area (Å²) in [6, 6.07) is 8.34. The van der Waals surface area contributed by atoms with Crippen LogP contribution in [0.4, 0.5) is 0 Å². The zero-order valence-electron chi connectivity index (χ0n) is 13.7. The van der Waals surface area contributed by atoms with Gasteiger partial charge in [0.15, 0.2) is 0 Å². The molecule has 1 saturated heterocycles. The van der Waals surface area contributed by atoms with Crippen molar-refractivity contribution < 1.29 is 4.79 Å². The molecule has 1 aliphatic carbocycles. The lowest BCUT2D eigenvalue weighted by atomic mass is 9.77. The first-order valence-corrected chi connectivity index (χ1v) is 9.04. The largest absolute Gasteiger partial charge is 0.341 e. The molecule has 0 aromatic heterocycles. The lowest BCUT2D eigenvalue weighted by molar-refractivity contribution is -0.136. The second-order valence-corrected chi connectivity index (χ2v) is 8.20. The maximum Gasteiger partial charge on any atom is 0.233 e. The summed E-state index contributed by atoms with van der Waals surface area (Å²) in [5, 5.41) is 0. The first kappa shape index (κ1) is 18.8. The Bertz CT molecular complexity index is 557. The minimum atomic E-state index is -0.305. The highest BCUT2D eigenvalue weighted by Crippen LogP contribution is 2.44. The van der Waals surface area contributed by atoms with Gasteiger partial charge in [-0.2, -0.15) is 0 Å². The smallest absolute Gasteiger partial charge is 0.233 e. The maximum absolute atomic E-state index is 13.3. The molecule has 5 heteroatoms. The molecule has 0 spiro atoms. The fourth-order valence-corrected chi connectivity index (χ4v) is 4.30. The molecule has 1 unspecified atom stereocenters. The quantitative estimate of drug-likeness (QED) is 0.835. The van der Waals surface area contributed by atoms with E-state index in [2.05, 4.69) is 52.0 Å². The van der Waals surface area contributed by atoms with Gasteiger partial charge in [-0.25, -0.2) is 0 Å². The third kappa shape index (κ3) is 3.45. The van der Waals surface area contributed by atoms with E-state index in [-0.39, 0.29) is 23.2 Å². The number of hydrogen-bond acceptors (Lipinski definition) is 2. The molecule has 1 heterocycles. The highest BCUT2D eigenvalue weighted by atomic mass is 79.9. The molecule has 1 atom stereocenters. The van der Waals surface area contributed by atoms with E-state index < -0.39 is 0 Å². The van der Waals surface area contributed by atoms with E-state index >= 15 is 0 Å². The number of nitrogens with zero attached hydrogens (tertiary/aromatic N) is 1. The summed E-state index contributed by atoms with van der Waals surface area (Å²) in [7, 11) is 0. The van der Waals surface area contributed by atoms with Crippen molar-refractivity contribution in [1.29, 1.82) is 0 Å². The number of carbonyl (C=O) groups excluding carboxylic acids is 1. The summed E-state index contributed by atoms with van der Waals surface area (Å²) in [6.45, 7) is 4.51. The van der Waals surface area contributed by atoms with Gasteiger partial charge in [-0.1, -0.05) is 47.8 Å². The molecule has 2 aliphatic rings. The van der Waals surface area contributed by atoms with E-state index in [1.807, 2.05) is 0 Å². The summed E-state index contributed by atoms with van der Waals surface area (Å²) in [6.07, 6.45) is 5.26. The summed E-state index contributed by atoms with van der Waals surface area (Å²) < 4.78 is 1.06. The Morgan fingerprint density at radius 2 is 1.83 bits per heavy atom. The van der Waals surface area contributed by atoms with Crippen LogP contribution in [0.15, 0.2) is 28.7 Å². The van der Waals surface area contributed by atoms with E-state index in [0.29, 0.717) is 12.5 Å². The minimum absolute atomic E-state index is 0. The second kappa shape index (κ2) is 7.12. The lowest BCUT2D eigenvalue weighted by Gasteiger charge is -2.34. The molecule has 1 saturated carbocycles. The van der Waals surface area contributed by atoms with Gasteiger partial charge in [0.05, 0.1) is 5.41 Å². The summed E-state index contributed by atoms with van der Waals surface area (Å²) in [5.41, 5.74) is 6.87. The Kier molecular flexibility index (Phi) is 5.81. The molecule has 2 N–H and O–H groups in total. The molecule has 2 fully saturated rings. The van der Waals surface area contributed by atoms with Crippen LogP contribution >= 0.6 is 28.3 Å². The molecule has 1 aromatic carbocycles. The molecule has 128 valence electrons. The third-order valence-electron chi connectivity index (χ3n) is 5.60. The van der Waals surface area contributed by atoms with E-state index in [1.54, 1.807) is 0 Å². The topological polar surface area (TPSA) is 46.3 Å². The molecule has 1 aliphatic heterocycles. The number of hydrogen-bond donors (Lipinski definition) is 1. The van der Waals surface area contributed by atoms with Crippen molar-refractivity contribution in [2.45, 2.75) is 44.4 Å². The third-order valence-corrected chi connectivity index (χ3v) is 6.13. The van der Waals surface area contributed by atoms with Gasteiger partial charge in [-0.05, 0) is 48.9 Å². The van der Waals surface area contributed by atoms with Gasteiger partial charge < -0.3 is 10.6 Å². The lowest BCUT2D eigenvalue weighted by Crippen LogP contribution is -2.45.